The van der Waals surface area contributed by atoms with E-state index in [2.05, 4.69) is 20.9 Å². The second-order valence-electron chi connectivity index (χ2n) is 10.9. The molecule has 2 fully saturated rings. The Bertz CT molecular complexity index is 1800. The minimum Gasteiger partial charge on any atom is -0.361 e. The van der Waals surface area contributed by atoms with Gasteiger partial charge in [-0.05, 0) is 60.9 Å². The normalized spacial score (nSPS) is 24.7. The molecule has 0 unspecified atom stereocenters. The largest absolute Gasteiger partial charge is 0.361 e. The van der Waals surface area contributed by atoms with Gasteiger partial charge in [-0.15, -0.1) is 0 Å². The average Bonchev–Trinajstić information content (AvgIpc) is 3.66. The molecule has 3 aliphatic heterocycles. The number of nitrogens with zero attached hydrogens (tertiary/aromatic N) is 1. The highest BCUT2D eigenvalue weighted by Gasteiger charge is 2.70. The predicted molar refractivity (Wildman–Crippen MR) is 156 cm³/mol. The lowest BCUT2D eigenvalue weighted by atomic mass is 9.76. The number of benzene rings is 3. The second-order valence-corrected chi connectivity index (χ2v) is 11.3. The Morgan fingerprint density at radius 2 is 1.78 bits per heavy atom. The summed E-state index contributed by atoms with van der Waals surface area (Å²) in [5.41, 5.74) is 3.33. The van der Waals surface area contributed by atoms with E-state index >= 15 is 0 Å². The van der Waals surface area contributed by atoms with Gasteiger partial charge in [-0.3, -0.25) is 24.5 Å². The minimum absolute atomic E-state index is 0.227. The SMILES string of the molecule is CC(=O)Nc1ccc(N2C(=O)[C@@H]3[C@H](Cc4c[nH]c5ccccc45)N[C@]4(C(=O)Nc5c4ccc(Cl)c5C)[C@H]3C2=O)cc1. The average molecular weight is 568 g/mol. The number of halogens is 1. The number of fused-ring (bicyclic) bond motifs is 5. The molecule has 4 heterocycles. The van der Waals surface area contributed by atoms with E-state index in [0.717, 1.165) is 16.5 Å². The highest BCUT2D eigenvalue weighted by molar-refractivity contribution is 6.32. The zero-order chi connectivity index (χ0) is 28.6. The van der Waals surface area contributed by atoms with Crippen molar-refractivity contribution in [3.63, 3.8) is 0 Å². The van der Waals surface area contributed by atoms with Crippen LogP contribution in [0.2, 0.25) is 5.02 Å². The maximum atomic E-state index is 14.3. The number of para-hydroxylation sites is 1. The number of aromatic amines is 1. The lowest BCUT2D eigenvalue weighted by Gasteiger charge is -2.29. The number of nitrogens with one attached hydrogen (secondary N) is 4. The molecule has 3 aliphatic rings. The Kier molecular flexibility index (Phi) is 5.61. The monoisotopic (exact) mass is 567 g/mol. The second kappa shape index (κ2) is 9.02. The number of carbonyl (C=O) groups is 4. The fraction of sp³-hybridized carbons (Fsp3) is 0.226. The van der Waals surface area contributed by atoms with Gasteiger partial charge >= 0.3 is 0 Å². The molecule has 4 atom stereocenters. The summed E-state index contributed by atoms with van der Waals surface area (Å²) in [6, 6.07) is 17.4. The summed E-state index contributed by atoms with van der Waals surface area (Å²) in [5.74, 6) is -3.18. The van der Waals surface area contributed by atoms with Gasteiger partial charge in [0.05, 0.1) is 23.2 Å². The van der Waals surface area contributed by atoms with Crippen molar-refractivity contribution in [2.45, 2.75) is 31.8 Å². The quantitative estimate of drug-likeness (QED) is 0.274. The van der Waals surface area contributed by atoms with E-state index in [1.165, 1.54) is 11.8 Å². The Hall–Kier alpha value is -4.47. The highest BCUT2D eigenvalue weighted by atomic mass is 35.5. The van der Waals surface area contributed by atoms with E-state index in [0.29, 0.717) is 39.6 Å². The van der Waals surface area contributed by atoms with Crippen LogP contribution >= 0.6 is 11.6 Å². The van der Waals surface area contributed by atoms with Crippen LogP contribution in [0.3, 0.4) is 0 Å². The number of amides is 4. The summed E-state index contributed by atoms with van der Waals surface area (Å²) in [6.07, 6.45) is 2.34. The van der Waals surface area contributed by atoms with Gasteiger partial charge < -0.3 is 15.6 Å². The standard InChI is InChI=1S/C31H26ClN5O4/c1-15-22(32)12-11-21-27(15)35-30(41)31(21)26-25(24(36-31)13-17-14-33-23-6-4-3-5-20(17)23)28(39)37(29(26)40)19-9-7-18(8-10-19)34-16(2)38/h3-12,14,24-26,33,36H,13H2,1-2H3,(H,34,38)(H,35,41)/t24-,25+,26+,31-/m0/s1. The molecular weight excluding hydrogens is 542 g/mol. The maximum absolute atomic E-state index is 14.3. The molecule has 1 spiro atoms. The summed E-state index contributed by atoms with van der Waals surface area (Å²) < 4.78 is 0. The molecule has 0 bridgehead atoms. The molecule has 1 aromatic heterocycles. The molecule has 0 saturated carbocycles. The van der Waals surface area contributed by atoms with Gasteiger partial charge in [-0.25, -0.2) is 4.90 Å². The Morgan fingerprint density at radius 3 is 2.54 bits per heavy atom. The number of rotatable bonds is 4. The zero-order valence-electron chi connectivity index (χ0n) is 22.2. The van der Waals surface area contributed by atoms with Crippen LogP contribution in [-0.2, 0) is 31.1 Å². The minimum atomic E-state index is -1.44. The molecule has 41 heavy (non-hydrogen) atoms. The first kappa shape index (κ1) is 25.5. The molecule has 10 heteroatoms. The molecule has 7 rings (SSSR count). The first-order valence-corrected chi connectivity index (χ1v) is 13.8. The summed E-state index contributed by atoms with van der Waals surface area (Å²) >= 11 is 6.39. The topological polar surface area (TPSA) is 123 Å². The van der Waals surface area contributed by atoms with Crippen molar-refractivity contribution in [3.05, 3.63) is 88.6 Å². The van der Waals surface area contributed by atoms with Crippen molar-refractivity contribution in [2.75, 3.05) is 15.5 Å². The van der Waals surface area contributed by atoms with Gasteiger partial charge in [0.25, 0.3) is 0 Å². The first-order valence-electron chi connectivity index (χ1n) is 13.4. The molecule has 9 nitrogen and oxygen atoms in total. The smallest absolute Gasteiger partial charge is 0.250 e. The van der Waals surface area contributed by atoms with Crippen LogP contribution in [0.5, 0.6) is 0 Å². The third kappa shape index (κ3) is 3.59. The van der Waals surface area contributed by atoms with Crippen molar-refractivity contribution in [1.82, 2.24) is 10.3 Å². The van der Waals surface area contributed by atoms with Crippen LogP contribution in [0.15, 0.2) is 66.9 Å². The lowest BCUT2D eigenvalue weighted by molar-refractivity contribution is -0.130. The van der Waals surface area contributed by atoms with Crippen molar-refractivity contribution >= 4 is 63.2 Å². The summed E-state index contributed by atoms with van der Waals surface area (Å²) in [5, 5.41) is 10.7. The zero-order valence-corrected chi connectivity index (χ0v) is 23.0. The van der Waals surface area contributed by atoms with E-state index < -0.39 is 29.3 Å². The van der Waals surface area contributed by atoms with Gasteiger partial charge in [-0.2, -0.15) is 0 Å². The highest BCUT2D eigenvalue weighted by Crippen LogP contribution is 2.55. The van der Waals surface area contributed by atoms with Crippen LogP contribution in [-0.4, -0.2) is 34.7 Å². The van der Waals surface area contributed by atoms with E-state index in [1.54, 1.807) is 36.4 Å². The number of hydrogen-bond acceptors (Lipinski definition) is 5. The fourth-order valence-electron chi connectivity index (χ4n) is 6.85. The van der Waals surface area contributed by atoms with Crippen molar-refractivity contribution in [3.8, 4) is 0 Å². The summed E-state index contributed by atoms with van der Waals surface area (Å²) in [6.45, 7) is 3.23. The Balaban J connectivity index is 1.35. The van der Waals surface area contributed by atoms with Crippen molar-refractivity contribution < 1.29 is 19.2 Å². The van der Waals surface area contributed by atoms with Crippen LogP contribution in [0, 0.1) is 18.8 Å². The Labute approximate surface area is 240 Å². The molecule has 0 aliphatic carbocycles. The van der Waals surface area contributed by atoms with Gasteiger partial charge in [0.15, 0.2) is 0 Å². The van der Waals surface area contributed by atoms with E-state index in [-0.39, 0.29) is 17.7 Å². The third-order valence-electron chi connectivity index (χ3n) is 8.65. The van der Waals surface area contributed by atoms with Crippen LogP contribution in [0.4, 0.5) is 17.1 Å². The summed E-state index contributed by atoms with van der Waals surface area (Å²) in [4.78, 5) is 58.3. The maximum Gasteiger partial charge on any atom is 0.250 e. The molecule has 4 N–H and O–H groups in total. The lowest BCUT2D eigenvalue weighted by Crippen LogP contribution is -2.53. The van der Waals surface area contributed by atoms with Crippen molar-refractivity contribution in [1.29, 1.82) is 0 Å². The van der Waals surface area contributed by atoms with Crippen LogP contribution in [0.1, 0.15) is 23.6 Å². The van der Waals surface area contributed by atoms with E-state index in [9.17, 15) is 19.2 Å². The van der Waals surface area contributed by atoms with E-state index in [1.807, 2.05) is 37.4 Å². The molecule has 4 amide bonds. The number of H-pyrrole nitrogens is 1. The number of aromatic nitrogens is 1. The van der Waals surface area contributed by atoms with Crippen molar-refractivity contribution in [2.24, 2.45) is 11.8 Å². The number of hydrogen-bond donors (Lipinski definition) is 4. The van der Waals surface area contributed by atoms with Gasteiger partial charge in [-0.1, -0.05) is 35.9 Å². The summed E-state index contributed by atoms with van der Waals surface area (Å²) in [7, 11) is 0. The first-order chi connectivity index (χ1) is 19.7. The predicted octanol–water partition coefficient (Wildman–Crippen LogP) is 4.26. The molecule has 4 aromatic rings. The molecule has 0 radical (unpaired) electrons. The van der Waals surface area contributed by atoms with E-state index in [4.69, 9.17) is 11.6 Å². The van der Waals surface area contributed by atoms with Crippen LogP contribution in [0.25, 0.3) is 10.9 Å². The molecule has 206 valence electrons. The Morgan fingerprint density at radius 1 is 1.02 bits per heavy atom. The van der Waals surface area contributed by atoms with Gasteiger partial charge in [0.1, 0.15) is 5.54 Å². The van der Waals surface area contributed by atoms with Gasteiger partial charge in [0.2, 0.25) is 23.6 Å². The fourth-order valence-corrected chi connectivity index (χ4v) is 7.01. The van der Waals surface area contributed by atoms with Crippen LogP contribution < -0.4 is 20.9 Å². The molecule has 2 saturated heterocycles. The van der Waals surface area contributed by atoms with Gasteiger partial charge in [0, 0.05) is 46.3 Å². The number of imide groups is 1. The third-order valence-corrected chi connectivity index (χ3v) is 9.05. The molecule has 3 aromatic carbocycles. The number of anilines is 3. The molecular formula is C31H26ClN5O4. The number of carbonyl (C=O) groups excluding carboxylic acids is 4.